The van der Waals surface area contributed by atoms with Crippen molar-refractivity contribution in [3.8, 4) is 0 Å². The van der Waals surface area contributed by atoms with Crippen molar-refractivity contribution in [1.82, 2.24) is 4.90 Å². The van der Waals surface area contributed by atoms with Crippen LogP contribution in [0.3, 0.4) is 0 Å². The van der Waals surface area contributed by atoms with Gasteiger partial charge in [-0.1, -0.05) is 17.7 Å². The minimum Gasteiger partial charge on any atom is -0.320 e. The van der Waals surface area contributed by atoms with Crippen LogP contribution < -0.4 is 4.90 Å². The Morgan fingerprint density at radius 1 is 1.00 bits per heavy atom. The molecule has 0 heterocycles. The van der Waals surface area contributed by atoms with Crippen molar-refractivity contribution in [2.24, 2.45) is 0 Å². The van der Waals surface area contributed by atoms with Gasteiger partial charge in [-0.2, -0.15) is 0 Å². The average Bonchev–Trinajstić information content (AvgIpc) is 2.28. The van der Waals surface area contributed by atoms with Crippen LogP contribution in [0.5, 0.6) is 0 Å². The maximum Gasteiger partial charge on any atom is 0.324 e. The van der Waals surface area contributed by atoms with E-state index < -0.39 is 0 Å². The highest BCUT2D eigenvalue weighted by Gasteiger charge is 2.23. The van der Waals surface area contributed by atoms with Crippen LogP contribution in [0.25, 0.3) is 0 Å². The molecule has 0 unspecified atom stereocenters. The Morgan fingerprint density at radius 2 is 1.44 bits per heavy atom. The smallest absolute Gasteiger partial charge is 0.320 e. The zero-order chi connectivity index (χ0) is 13.9. The molecule has 0 N–H and O–H groups in total. The molecule has 0 spiro atoms. The number of rotatable bonds is 3. The first-order chi connectivity index (χ1) is 8.34. The molecule has 1 rings (SSSR count). The molecule has 0 aliphatic carbocycles. The van der Waals surface area contributed by atoms with Crippen LogP contribution in [0.2, 0.25) is 0 Å². The molecule has 100 valence electrons. The predicted octanol–water partition coefficient (Wildman–Crippen LogP) is 3.67. The molecule has 2 amide bonds. The van der Waals surface area contributed by atoms with Crippen molar-refractivity contribution in [3.63, 3.8) is 0 Å². The maximum atomic E-state index is 12.5. The molecule has 1 aromatic rings. The molecule has 0 fully saturated rings. The Morgan fingerprint density at radius 3 is 1.83 bits per heavy atom. The number of hydrogen-bond acceptors (Lipinski definition) is 1. The number of carbonyl (C=O) groups is 1. The summed E-state index contributed by atoms with van der Waals surface area (Å²) in [6.45, 7) is 10.2. The predicted molar refractivity (Wildman–Crippen MR) is 77.1 cm³/mol. The lowest BCUT2D eigenvalue weighted by Crippen LogP contribution is -2.48. The number of aryl methyl sites for hydroxylation is 1. The molecule has 0 saturated carbocycles. The SMILES string of the molecule is Cc1ccc(N(C)C(=O)N(C(C)C)C(C)C)cc1. The van der Waals surface area contributed by atoms with Crippen LogP contribution in [0.1, 0.15) is 33.3 Å². The zero-order valence-corrected chi connectivity index (χ0v) is 12.3. The largest absolute Gasteiger partial charge is 0.324 e. The summed E-state index contributed by atoms with van der Waals surface area (Å²) < 4.78 is 0. The molecule has 3 heteroatoms. The fourth-order valence-corrected chi connectivity index (χ4v) is 2.09. The molecular weight excluding hydrogens is 224 g/mol. The fraction of sp³-hybridized carbons (Fsp3) is 0.533. The minimum absolute atomic E-state index is 0.0452. The Kier molecular flexibility index (Phi) is 4.76. The Hall–Kier alpha value is -1.51. The van der Waals surface area contributed by atoms with Crippen molar-refractivity contribution >= 4 is 11.7 Å². The van der Waals surface area contributed by atoms with Crippen molar-refractivity contribution in [2.45, 2.75) is 46.7 Å². The summed E-state index contributed by atoms with van der Waals surface area (Å²) >= 11 is 0. The van der Waals surface area contributed by atoms with E-state index in [0.717, 1.165) is 5.69 Å². The molecule has 0 aliphatic rings. The van der Waals surface area contributed by atoms with Gasteiger partial charge in [-0.25, -0.2) is 4.79 Å². The molecule has 3 nitrogen and oxygen atoms in total. The van der Waals surface area contributed by atoms with Gasteiger partial charge < -0.3 is 4.90 Å². The minimum atomic E-state index is 0.0452. The van der Waals surface area contributed by atoms with Gasteiger partial charge in [0.05, 0.1) is 0 Å². The third kappa shape index (κ3) is 3.25. The molecule has 0 radical (unpaired) electrons. The fourth-order valence-electron chi connectivity index (χ4n) is 2.09. The summed E-state index contributed by atoms with van der Waals surface area (Å²) in [5.41, 5.74) is 2.13. The molecule has 0 aromatic heterocycles. The van der Waals surface area contributed by atoms with E-state index in [9.17, 15) is 4.79 Å². The molecule has 0 atom stereocenters. The number of carbonyl (C=O) groups excluding carboxylic acids is 1. The van der Waals surface area contributed by atoms with Gasteiger partial charge in [-0.05, 0) is 46.8 Å². The second-order valence-corrected chi connectivity index (χ2v) is 5.27. The van der Waals surface area contributed by atoms with Crippen molar-refractivity contribution in [2.75, 3.05) is 11.9 Å². The molecule has 0 saturated heterocycles. The summed E-state index contributed by atoms with van der Waals surface area (Å²) in [4.78, 5) is 16.1. The third-order valence-corrected chi connectivity index (χ3v) is 3.04. The summed E-state index contributed by atoms with van der Waals surface area (Å²) in [6.07, 6.45) is 0. The van der Waals surface area contributed by atoms with E-state index in [1.54, 1.807) is 4.90 Å². The van der Waals surface area contributed by atoms with Crippen LogP contribution in [0.15, 0.2) is 24.3 Å². The highest BCUT2D eigenvalue weighted by atomic mass is 16.2. The molecule has 18 heavy (non-hydrogen) atoms. The Balaban J connectivity index is 2.91. The number of hydrogen-bond donors (Lipinski definition) is 0. The van der Waals surface area contributed by atoms with Crippen LogP contribution in [0, 0.1) is 6.92 Å². The van der Waals surface area contributed by atoms with E-state index in [-0.39, 0.29) is 18.1 Å². The second kappa shape index (κ2) is 5.89. The lowest BCUT2D eigenvalue weighted by atomic mass is 10.2. The Bertz CT molecular complexity index is 387. The van der Waals surface area contributed by atoms with Crippen LogP contribution in [-0.2, 0) is 0 Å². The standard InChI is InChI=1S/C15H24N2O/c1-11(2)17(12(3)4)15(18)16(6)14-9-7-13(5)8-10-14/h7-12H,1-6H3. The highest BCUT2D eigenvalue weighted by molar-refractivity contribution is 5.91. The molecule has 0 aliphatic heterocycles. The first-order valence-electron chi connectivity index (χ1n) is 6.47. The van der Waals surface area contributed by atoms with Gasteiger partial charge in [0.1, 0.15) is 0 Å². The van der Waals surface area contributed by atoms with E-state index in [1.807, 2.05) is 70.8 Å². The van der Waals surface area contributed by atoms with Gasteiger partial charge >= 0.3 is 6.03 Å². The summed E-state index contributed by atoms with van der Waals surface area (Å²) in [5, 5.41) is 0. The average molecular weight is 248 g/mol. The van der Waals surface area contributed by atoms with Crippen LogP contribution in [-0.4, -0.2) is 30.1 Å². The van der Waals surface area contributed by atoms with Crippen molar-refractivity contribution in [3.05, 3.63) is 29.8 Å². The second-order valence-electron chi connectivity index (χ2n) is 5.27. The van der Waals surface area contributed by atoms with Gasteiger partial charge in [0.25, 0.3) is 0 Å². The third-order valence-electron chi connectivity index (χ3n) is 3.04. The van der Waals surface area contributed by atoms with E-state index in [1.165, 1.54) is 5.56 Å². The van der Waals surface area contributed by atoms with Gasteiger partial charge in [-0.3, -0.25) is 4.90 Å². The van der Waals surface area contributed by atoms with Gasteiger partial charge in [-0.15, -0.1) is 0 Å². The number of amides is 2. The lowest BCUT2D eigenvalue weighted by Gasteiger charge is -2.34. The monoisotopic (exact) mass is 248 g/mol. The van der Waals surface area contributed by atoms with E-state index in [2.05, 4.69) is 0 Å². The number of nitrogens with zero attached hydrogens (tertiary/aromatic N) is 2. The first kappa shape index (κ1) is 14.6. The lowest BCUT2D eigenvalue weighted by molar-refractivity contribution is 0.173. The van der Waals surface area contributed by atoms with E-state index in [4.69, 9.17) is 0 Å². The normalized spacial score (nSPS) is 10.9. The Labute approximate surface area is 110 Å². The molecular formula is C15H24N2O. The van der Waals surface area contributed by atoms with Crippen LogP contribution >= 0.6 is 0 Å². The highest BCUT2D eigenvalue weighted by Crippen LogP contribution is 2.17. The van der Waals surface area contributed by atoms with Gasteiger partial charge in [0, 0.05) is 24.8 Å². The topological polar surface area (TPSA) is 23.6 Å². The zero-order valence-electron chi connectivity index (χ0n) is 12.3. The van der Waals surface area contributed by atoms with E-state index in [0.29, 0.717) is 0 Å². The summed E-state index contributed by atoms with van der Waals surface area (Å²) in [7, 11) is 1.82. The summed E-state index contributed by atoms with van der Waals surface area (Å²) in [5.74, 6) is 0. The van der Waals surface area contributed by atoms with Gasteiger partial charge in [0.2, 0.25) is 0 Å². The van der Waals surface area contributed by atoms with Crippen molar-refractivity contribution in [1.29, 1.82) is 0 Å². The number of urea groups is 1. The van der Waals surface area contributed by atoms with E-state index >= 15 is 0 Å². The maximum absolute atomic E-state index is 12.5. The van der Waals surface area contributed by atoms with Crippen molar-refractivity contribution < 1.29 is 4.79 Å². The quantitative estimate of drug-likeness (QED) is 0.800. The molecule has 1 aromatic carbocycles. The number of benzene rings is 1. The first-order valence-corrected chi connectivity index (χ1v) is 6.47. The summed E-state index contributed by atoms with van der Waals surface area (Å²) in [6, 6.07) is 8.44. The van der Waals surface area contributed by atoms with Crippen LogP contribution in [0.4, 0.5) is 10.5 Å². The molecule has 0 bridgehead atoms. The number of anilines is 1. The van der Waals surface area contributed by atoms with Gasteiger partial charge in [0.15, 0.2) is 0 Å².